The summed E-state index contributed by atoms with van der Waals surface area (Å²) >= 11 is 0. The number of nitrogens with one attached hydrogen (secondary N) is 1. The lowest BCUT2D eigenvalue weighted by atomic mass is 10.2. The average molecular weight is 272 g/mol. The number of nitrogens with two attached hydrogens (primary N) is 1. The van der Waals surface area contributed by atoms with Gasteiger partial charge in [-0.15, -0.1) is 0 Å². The average Bonchev–Trinajstić information content (AvgIpc) is 2.34. The molecule has 18 heavy (non-hydrogen) atoms. The number of esters is 1. The van der Waals surface area contributed by atoms with Crippen molar-refractivity contribution in [1.29, 1.82) is 0 Å². The van der Waals surface area contributed by atoms with E-state index in [0.717, 1.165) is 12.7 Å². The van der Waals surface area contributed by atoms with Crippen molar-refractivity contribution in [2.24, 2.45) is 0 Å². The van der Waals surface area contributed by atoms with E-state index in [1.54, 1.807) is 24.3 Å². The van der Waals surface area contributed by atoms with E-state index in [1.807, 2.05) is 0 Å². The minimum Gasteiger partial charge on any atom is -0.468 e. The minimum atomic E-state index is -3.75. The number of ether oxygens (including phenoxy) is 1. The molecule has 1 unspecified atom stereocenters. The largest absolute Gasteiger partial charge is 0.468 e. The van der Waals surface area contributed by atoms with Crippen molar-refractivity contribution in [3.8, 4) is 0 Å². The molecule has 1 aromatic rings. The van der Waals surface area contributed by atoms with Crippen LogP contribution in [0.15, 0.2) is 24.3 Å². The first-order chi connectivity index (χ1) is 8.36. The normalized spacial score (nSPS) is 13.0. The van der Waals surface area contributed by atoms with Crippen molar-refractivity contribution in [1.82, 2.24) is 4.72 Å². The minimum absolute atomic E-state index is 0.0781. The molecule has 100 valence electrons. The molecule has 7 heteroatoms. The maximum absolute atomic E-state index is 11.7. The molecule has 0 saturated heterocycles. The van der Waals surface area contributed by atoms with Gasteiger partial charge in [-0.3, -0.25) is 4.79 Å². The summed E-state index contributed by atoms with van der Waals surface area (Å²) < 4.78 is 30.2. The molecule has 6 nitrogen and oxygen atoms in total. The number of carbonyl (C=O) groups is 1. The van der Waals surface area contributed by atoms with Crippen molar-refractivity contribution in [2.45, 2.75) is 18.7 Å². The molecule has 0 aliphatic heterocycles. The van der Waals surface area contributed by atoms with Crippen LogP contribution in [-0.2, 0) is 26.1 Å². The molecule has 1 aromatic carbocycles. The van der Waals surface area contributed by atoms with Gasteiger partial charge < -0.3 is 10.5 Å². The number of carbonyl (C=O) groups excluding carboxylic acids is 1. The van der Waals surface area contributed by atoms with Gasteiger partial charge in [0.25, 0.3) is 0 Å². The first-order valence-corrected chi connectivity index (χ1v) is 6.82. The molecule has 0 aromatic heterocycles. The maximum Gasteiger partial charge on any atom is 0.325 e. The lowest BCUT2D eigenvalue weighted by molar-refractivity contribution is -0.139. The van der Waals surface area contributed by atoms with Gasteiger partial charge in [0.15, 0.2) is 5.25 Å². The van der Waals surface area contributed by atoms with Gasteiger partial charge >= 0.3 is 5.97 Å². The maximum atomic E-state index is 11.7. The molecule has 0 aliphatic rings. The highest BCUT2D eigenvalue weighted by atomic mass is 32.2. The van der Waals surface area contributed by atoms with Crippen LogP contribution in [0.5, 0.6) is 0 Å². The Bertz CT molecular complexity index is 528. The predicted octanol–water partition coefficient (Wildman–Crippen LogP) is 0.250. The van der Waals surface area contributed by atoms with Gasteiger partial charge in [-0.05, 0) is 24.6 Å². The molecule has 0 heterocycles. The van der Waals surface area contributed by atoms with Crippen LogP contribution in [0.3, 0.4) is 0 Å². The van der Waals surface area contributed by atoms with E-state index >= 15 is 0 Å². The third-order valence-electron chi connectivity index (χ3n) is 2.43. The smallest absolute Gasteiger partial charge is 0.325 e. The van der Waals surface area contributed by atoms with Crippen LogP contribution in [0, 0.1) is 0 Å². The van der Waals surface area contributed by atoms with Crippen molar-refractivity contribution in [3.05, 3.63) is 29.8 Å². The number of nitrogen functional groups attached to an aromatic ring is 1. The van der Waals surface area contributed by atoms with Gasteiger partial charge in [-0.1, -0.05) is 12.1 Å². The molecule has 3 N–H and O–H groups in total. The number of anilines is 1. The number of benzene rings is 1. The highest BCUT2D eigenvalue weighted by molar-refractivity contribution is 7.90. The topological polar surface area (TPSA) is 98.5 Å². The number of sulfonamides is 1. The molecule has 1 rings (SSSR count). The van der Waals surface area contributed by atoms with E-state index in [9.17, 15) is 13.2 Å². The molecule has 0 fully saturated rings. The van der Waals surface area contributed by atoms with Gasteiger partial charge in [0.05, 0.1) is 7.11 Å². The van der Waals surface area contributed by atoms with Crippen molar-refractivity contribution < 1.29 is 17.9 Å². The molecule has 0 radical (unpaired) electrons. The lowest BCUT2D eigenvalue weighted by Crippen LogP contribution is -2.37. The Labute approximate surface area is 106 Å². The summed E-state index contributed by atoms with van der Waals surface area (Å²) in [5.74, 6) is -0.796. The Balaban J connectivity index is 2.70. The van der Waals surface area contributed by atoms with Gasteiger partial charge in [0.1, 0.15) is 0 Å². The fourth-order valence-corrected chi connectivity index (χ4v) is 2.27. The number of methoxy groups -OCH3 is 1. The Morgan fingerprint density at radius 3 is 2.72 bits per heavy atom. The molecule has 0 bridgehead atoms. The fourth-order valence-electron chi connectivity index (χ4n) is 1.30. The second kappa shape index (κ2) is 5.83. The van der Waals surface area contributed by atoms with Gasteiger partial charge in [0.2, 0.25) is 10.0 Å². The lowest BCUT2D eigenvalue weighted by Gasteiger charge is -2.12. The second-order valence-electron chi connectivity index (χ2n) is 3.78. The number of hydrogen-bond acceptors (Lipinski definition) is 5. The van der Waals surface area contributed by atoms with Gasteiger partial charge in [-0.2, -0.15) is 0 Å². The zero-order chi connectivity index (χ0) is 13.8. The van der Waals surface area contributed by atoms with E-state index in [2.05, 4.69) is 9.46 Å². The summed E-state index contributed by atoms with van der Waals surface area (Å²) in [5, 5.41) is -1.25. The van der Waals surface area contributed by atoms with E-state index in [-0.39, 0.29) is 6.54 Å². The molecule has 0 aliphatic carbocycles. The van der Waals surface area contributed by atoms with Crippen molar-refractivity contribution in [3.63, 3.8) is 0 Å². The Morgan fingerprint density at radius 2 is 2.17 bits per heavy atom. The van der Waals surface area contributed by atoms with Gasteiger partial charge in [-0.25, -0.2) is 13.1 Å². The third-order valence-corrected chi connectivity index (χ3v) is 4.10. The van der Waals surface area contributed by atoms with Crippen molar-refractivity contribution in [2.75, 3.05) is 12.8 Å². The molecule has 1 atom stereocenters. The van der Waals surface area contributed by atoms with Crippen LogP contribution in [0.1, 0.15) is 12.5 Å². The van der Waals surface area contributed by atoms with Crippen molar-refractivity contribution >= 4 is 21.7 Å². The van der Waals surface area contributed by atoms with Crippen LogP contribution in [0.2, 0.25) is 0 Å². The highest BCUT2D eigenvalue weighted by Gasteiger charge is 2.28. The van der Waals surface area contributed by atoms with Crippen LogP contribution < -0.4 is 10.5 Å². The molecular weight excluding hydrogens is 256 g/mol. The predicted molar refractivity (Wildman–Crippen MR) is 68.1 cm³/mol. The summed E-state index contributed by atoms with van der Waals surface area (Å²) in [5.41, 5.74) is 6.84. The molecular formula is C11H16N2O4S. The first-order valence-electron chi connectivity index (χ1n) is 5.27. The van der Waals surface area contributed by atoms with E-state index in [0.29, 0.717) is 5.69 Å². The summed E-state index contributed by atoms with van der Waals surface area (Å²) in [6.45, 7) is 1.35. The van der Waals surface area contributed by atoms with Crippen LogP contribution >= 0.6 is 0 Å². The molecule has 0 spiro atoms. The first kappa shape index (κ1) is 14.5. The zero-order valence-corrected chi connectivity index (χ0v) is 11.0. The van der Waals surface area contributed by atoms with Crippen LogP contribution in [0.25, 0.3) is 0 Å². The summed E-state index contributed by atoms with van der Waals surface area (Å²) in [4.78, 5) is 11.2. The summed E-state index contributed by atoms with van der Waals surface area (Å²) in [7, 11) is -2.60. The Kier molecular flexibility index (Phi) is 4.69. The number of hydrogen-bond donors (Lipinski definition) is 2. The fraction of sp³-hybridized carbons (Fsp3) is 0.364. The van der Waals surface area contributed by atoms with Crippen LogP contribution in [0.4, 0.5) is 5.69 Å². The summed E-state index contributed by atoms with van der Waals surface area (Å²) in [6.07, 6.45) is 0. The van der Waals surface area contributed by atoms with Gasteiger partial charge in [0, 0.05) is 12.2 Å². The Morgan fingerprint density at radius 1 is 1.50 bits per heavy atom. The van der Waals surface area contributed by atoms with E-state index in [1.165, 1.54) is 6.92 Å². The molecule has 0 saturated carbocycles. The number of rotatable bonds is 5. The SMILES string of the molecule is COC(=O)C(C)S(=O)(=O)NCc1cccc(N)c1. The van der Waals surface area contributed by atoms with Crippen LogP contribution in [-0.4, -0.2) is 26.7 Å². The zero-order valence-electron chi connectivity index (χ0n) is 10.2. The monoisotopic (exact) mass is 272 g/mol. The summed E-state index contributed by atoms with van der Waals surface area (Å²) in [6, 6.07) is 6.82. The second-order valence-corrected chi connectivity index (χ2v) is 5.86. The van der Waals surface area contributed by atoms with E-state index < -0.39 is 21.2 Å². The highest BCUT2D eigenvalue weighted by Crippen LogP contribution is 2.08. The van der Waals surface area contributed by atoms with E-state index in [4.69, 9.17) is 5.73 Å². The standard InChI is InChI=1S/C11H16N2O4S/c1-8(11(14)17-2)18(15,16)13-7-9-4-3-5-10(12)6-9/h3-6,8,13H,7,12H2,1-2H3. The molecule has 0 amide bonds. The quantitative estimate of drug-likeness (QED) is 0.591. The third kappa shape index (κ3) is 3.71. The Hall–Kier alpha value is -1.60.